The van der Waals surface area contributed by atoms with Crippen LogP contribution in [0.4, 0.5) is 5.69 Å². The fourth-order valence-electron chi connectivity index (χ4n) is 3.30. The molecule has 0 saturated heterocycles. The molecule has 5 nitrogen and oxygen atoms in total. The summed E-state index contributed by atoms with van der Waals surface area (Å²) in [5, 5.41) is 0. The van der Waals surface area contributed by atoms with Crippen molar-refractivity contribution >= 4 is 39.2 Å². The van der Waals surface area contributed by atoms with Crippen molar-refractivity contribution in [1.82, 2.24) is 0 Å². The Bertz CT molecular complexity index is 1480. The maximum absolute atomic E-state index is 12.8. The second kappa shape index (κ2) is 9.17. The van der Waals surface area contributed by atoms with E-state index in [4.69, 9.17) is 17.1 Å². The lowest BCUT2D eigenvalue weighted by Gasteiger charge is -2.25. The van der Waals surface area contributed by atoms with Gasteiger partial charge in [0.2, 0.25) is 10.0 Å². The minimum Gasteiger partial charge on any atom is -0.496 e. The fraction of sp³-hybridized carbons (Fsp3) is 0.269. The van der Waals surface area contributed by atoms with Crippen molar-refractivity contribution in [1.29, 1.82) is 0 Å². The molecule has 0 radical (unpaired) electrons. The molecule has 1 aliphatic carbocycles. The number of sulfonamides is 1. The Balaban J connectivity index is 0.00000616. The monoisotopic (exact) mass is 462 g/mol. The third-order valence-electron chi connectivity index (χ3n) is 4.71. The van der Waals surface area contributed by atoms with Gasteiger partial charge in [-0.1, -0.05) is 63.1 Å². The maximum atomic E-state index is 12.8. The number of methoxy groups -OCH3 is 1. The second-order valence-electron chi connectivity index (χ2n) is 7.36. The summed E-state index contributed by atoms with van der Waals surface area (Å²) in [4.78, 5) is 12.8. The molecule has 3 rings (SSSR count). The van der Waals surface area contributed by atoms with Crippen molar-refractivity contribution in [3.8, 4) is 5.75 Å². The molecule has 170 valence electrons. The van der Waals surface area contributed by atoms with Gasteiger partial charge in [0.15, 0.2) is 5.78 Å². The lowest BCUT2D eigenvalue weighted by Crippen LogP contribution is -2.15. The largest absolute Gasteiger partial charge is 0.496 e. The van der Waals surface area contributed by atoms with Crippen LogP contribution in [0.25, 0.3) is 17.7 Å². The van der Waals surface area contributed by atoms with Crippen molar-refractivity contribution in [3.63, 3.8) is 0 Å². The maximum Gasteiger partial charge on any atom is 0.229 e. The number of carbonyl (C=O) groups is 1. The Labute approximate surface area is 204 Å². The van der Waals surface area contributed by atoms with Crippen molar-refractivity contribution in [2.45, 2.75) is 32.4 Å². The van der Waals surface area contributed by atoms with Gasteiger partial charge in [-0.25, -0.2) is 8.42 Å². The van der Waals surface area contributed by atoms with E-state index in [0.717, 1.165) is 12.3 Å². The van der Waals surface area contributed by atoms with Gasteiger partial charge in [0.25, 0.3) is 0 Å². The van der Waals surface area contributed by atoms with Crippen LogP contribution in [0.5, 0.6) is 5.75 Å². The first-order valence-corrected chi connectivity index (χ1v) is 11.5. The van der Waals surface area contributed by atoms with Gasteiger partial charge in [-0.3, -0.25) is 9.52 Å². The Kier molecular flexibility index (Phi) is 4.04. The topological polar surface area (TPSA) is 72.5 Å². The highest BCUT2D eigenvalue weighted by Crippen LogP contribution is 2.38. The molecule has 0 unspecified atom stereocenters. The van der Waals surface area contributed by atoms with E-state index in [0.29, 0.717) is 11.3 Å². The van der Waals surface area contributed by atoms with Gasteiger partial charge in [0.1, 0.15) is 5.75 Å². The zero-order valence-electron chi connectivity index (χ0n) is 26.6. The number of ether oxygens (including phenoxy) is 1. The first-order valence-electron chi connectivity index (χ1n) is 14.1. The first-order chi connectivity index (χ1) is 18.7. The normalized spacial score (nSPS) is 19.9. The van der Waals surface area contributed by atoms with E-state index in [1.165, 1.54) is 37.5 Å². The molecule has 6 heteroatoms. The molecule has 32 heavy (non-hydrogen) atoms. The van der Waals surface area contributed by atoms with E-state index in [1.54, 1.807) is 30.4 Å². The summed E-state index contributed by atoms with van der Waals surface area (Å²) >= 11 is 0. The molecular weight excluding hydrogens is 422 g/mol. The lowest BCUT2D eigenvalue weighted by atomic mass is 9.82. The molecular formula is C26H31NO4S. The Morgan fingerprint density at radius 2 is 1.88 bits per heavy atom. The number of anilines is 1. The summed E-state index contributed by atoms with van der Waals surface area (Å²) in [5.41, 5.74) is -2.67. The summed E-state index contributed by atoms with van der Waals surface area (Å²) in [5.74, 6) is -0.613. The van der Waals surface area contributed by atoms with Crippen molar-refractivity contribution in [2.75, 3.05) is 18.1 Å². The van der Waals surface area contributed by atoms with Gasteiger partial charge in [-0.2, -0.15) is 0 Å². The van der Waals surface area contributed by atoms with Gasteiger partial charge in [-0.05, 0) is 40.8 Å². The fourth-order valence-corrected chi connectivity index (χ4v) is 3.86. The molecule has 0 atom stereocenters. The second-order valence-corrected chi connectivity index (χ2v) is 9.11. The zero-order valence-corrected chi connectivity index (χ0v) is 18.4. The average Bonchev–Trinajstić information content (AvgIpc) is 2.80. The SMILES string of the molecule is [2H]C([2H])([2H])C(c1cc(C2=CC=CCC2=O)cc(/C=C/c2ccc(NS(C)(=O)=O)cc2)c1OC)(C([2H])([2H])[2H])C([2H])([2H])[2H].[HH]. The third-order valence-corrected chi connectivity index (χ3v) is 5.32. The first kappa shape index (κ1) is 14.1. The van der Waals surface area contributed by atoms with Crippen LogP contribution in [0.15, 0.2) is 54.6 Å². The van der Waals surface area contributed by atoms with Gasteiger partial charge in [0.05, 0.1) is 13.4 Å². The van der Waals surface area contributed by atoms with Crippen LogP contribution in [-0.4, -0.2) is 27.6 Å². The van der Waals surface area contributed by atoms with Crippen LogP contribution >= 0.6 is 0 Å². The molecule has 0 saturated carbocycles. The molecule has 0 heterocycles. The standard InChI is InChI=1S/C26H29NO4S.H2/c1-26(2,3)23-17-20(22-8-6-7-9-24(22)28)16-19(25(23)31-4)13-10-18-11-14-21(15-12-18)27-32(5,29)30;/h6-8,10-17,27H,9H2,1-5H3;1H/b13-10+;/i1D3,2D3,3D3;. The lowest BCUT2D eigenvalue weighted by molar-refractivity contribution is -0.113. The molecule has 0 aromatic heterocycles. The van der Waals surface area contributed by atoms with Gasteiger partial charge < -0.3 is 4.74 Å². The number of allylic oxidation sites excluding steroid dienone is 4. The van der Waals surface area contributed by atoms with Crippen LogP contribution in [0.2, 0.25) is 0 Å². The minimum atomic E-state index is -3.55. The summed E-state index contributed by atoms with van der Waals surface area (Å²) in [6.45, 7) is -10.7. The van der Waals surface area contributed by atoms with E-state index in [9.17, 15) is 13.2 Å². The molecule has 1 aliphatic rings. The Hall–Kier alpha value is -3.12. The molecule has 0 spiro atoms. The van der Waals surface area contributed by atoms with Gasteiger partial charge in [-0.15, -0.1) is 0 Å². The summed E-state index contributed by atoms with van der Waals surface area (Å²) < 4.78 is 105. The highest BCUT2D eigenvalue weighted by molar-refractivity contribution is 7.92. The summed E-state index contributed by atoms with van der Waals surface area (Å²) in [6, 6.07) is 8.81. The molecule has 0 aliphatic heterocycles. The van der Waals surface area contributed by atoms with Gasteiger partial charge in [0, 0.05) is 42.6 Å². The quantitative estimate of drug-likeness (QED) is 0.560. The number of Topliss-reactive ketones (excluding diaryl/α,β-unsaturated/α-hetero) is 1. The van der Waals surface area contributed by atoms with E-state index >= 15 is 0 Å². The minimum absolute atomic E-state index is 0. The van der Waals surface area contributed by atoms with Crippen LogP contribution in [0.3, 0.4) is 0 Å². The molecule has 1 N–H and O–H groups in total. The third kappa shape index (κ3) is 5.77. The number of hydrogen-bond acceptors (Lipinski definition) is 4. The van der Waals surface area contributed by atoms with Crippen LogP contribution in [0, 0.1) is 0 Å². The van der Waals surface area contributed by atoms with Crippen LogP contribution < -0.4 is 9.46 Å². The number of rotatable bonds is 6. The molecule has 2 aromatic rings. The molecule has 0 fully saturated rings. The highest BCUT2D eigenvalue weighted by atomic mass is 32.2. The number of ketones is 1. The highest BCUT2D eigenvalue weighted by Gasteiger charge is 2.24. The molecule has 0 bridgehead atoms. The smallest absolute Gasteiger partial charge is 0.229 e. The molecule has 0 amide bonds. The number of carbonyl (C=O) groups excluding carboxylic acids is 1. The van der Waals surface area contributed by atoms with Crippen molar-refractivity contribution in [2.24, 2.45) is 0 Å². The van der Waals surface area contributed by atoms with E-state index in [2.05, 4.69) is 4.72 Å². The number of nitrogens with one attached hydrogen (secondary N) is 1. The van der Waals surface area contributed by atoms with E-state index < -0.39 is 41.6 Å². The predicted octanol–water partition coefficient (Wildman–Crippen LogP) is 5.69. The molecule has 2 aromatic carbocycles. The number of benzene rings is 2. The van der Waals surface area contributed by atoms with Gasteiger partial charge >= 0.3 is 0 Å². The average molecular weight is 463 g/mol. The summed E-state index contributed by atoms with van der Waals surface area (Å²) in [6.07, 6.45) is 8.82. The Morgan fingerprint density at radius 1 is 1.16 bits per heavy atom. The van der Waals surface area contributed by atoms with Crippen LogP contribution in [-0.2, 0) is 20.2 Å². The number of hydrogen-bond donors (Lipinski definition) is 1. The van der Waals surface area contributed by atoms with Crippen molar-refractivity contribution in [3.05, 3.63) is 76.9 Å². The van der Waals surface area contributed by atoms with Crippen molar-refractivity contribution < 1.29 is 31.7 Å². The van der Waals surface area contributed by atoms with Crippen LogP contribution in [0.1, 0.15) is 63.0 Å². The summed E-state index contributed by atoms with van der Waals surface area (Å²) in [7, 11) is -2.32. The van der Waals surface area contributed by atoms with E-state index in [1.807, 2.05) is 0 Å². The Morgan fingerprint density at radius 3 is 2.47 bits per heavy atom. The zero-order chi connectivity index (χ0) is 31.0. The predicted molar refractivity (Wildman–Crippen MR) is 134 cm³/mol. The van der Waals surface area contributed by atoms with E-state index in [-0.39, 0.29) is 36.1 Å².